The summed E-state index contributed by atoms with van der Waals surface area (Å²) in [4.78, 5) is 12.5. The average molecular weight is 321 g/mol. The van der Waals surface area contributed by atoms with E-state index in [1.54, 1.807) is 6.26 Å². The van der Waals surface area contributed by atoms with Crippen LogP contribution in [-0.4, -0.2) is 19.0 Å². The van der Waals surface area contributed by atoms with Crippen molar-refractivity contribution >= 4 is 18.3 Å². The van der Waals surface area contributed by atoms with Crippen LogP contribution in [-0.2, 0) is 4.79 Å². The molecular weight excluding hydrogens is 300 g/mol. The predicted molar refractivity (Wildman–Crippen MR) is 88.0 cm³/mol. The zero-order chi connectivity index (χ0) is 14.5. The first-order chi connectivity index (χ1) is 10.3. The summed E-state index contributed by atoms with van der Waals surface area (Å²) in [7, 11) is 0. The highest BCUT2D eigenvalue weighted by atomic mass is 35.5. The number of piperidine rings is 1. The van der Waals surface area contributed by atoms with Crippen molar-refractivity contribution in [3.63, 3.8) is 0 Å². The van der Waals surface area contributed by atoms with Crippen LogP contribution in [0.1, 0.15) is 30.2 Å². The normalized spacial score (nSPS) is 16.5. The summed E-state index contributed by atoms with van der Waals surface area (Å²) >= 11 is 0. The maximum Gasteiger partial charge on any atom is 0.224 e. The Morgan fingerprint density at radius 2 is 1.86 bits per heavy atom. The number of furan rings is 1. The predicted octanol–water partition coefficient (Wildman–Crippen LogP) is 2.91. The molecule has 4 nitrogen and oxygen atoms in total. The van der Waals surface area contributed by atoms with Gasteiger partial charge in [-0.15, -0.1) is 12.4 Å². The Hall–Kier alpha value is -1.78. The Kier molecular flexibility index (Phi) is 6.04. The third-order valence-electron chi connectivity index (χ3n) is 3.96. The summed E-state index contributed by atoms with van der Waals surface area (Å²) in [5, 5.41) is 6.43. The first-order valence-electron chi connectivity index (χ1n) is 7.44. The van der Waals surface area contributed by atoms with Crippen LogP contribution in [0.15, 0.2) is 53.1 Å². The van der Waals surface area contributed by atoms with E-state index in [4.69, 9.17) is 4.42 Å². The molecule has 0 radical (unpaired) electrons. The summed E-state index contributed by atoms with van der Waals surface area (Å²) in [6, 6.07) is 13.5. The van der Waals surface area contributed by atoms with E-state index < -0.39 is 0 Å². The molecule has 1 aliphatic rings. The van der Waals surface area contributed by atoms with Gasteiger partial charge in [0.1, 0.15) is 11.8 Å². The zero-order valence-electron chi connectivity index (χ0n) is 12.3. The standard InChI is InChI=1S/C17H20N2O2.ClH/c20-17(14-8-10-18-11-9-14)19-16(15-7-4-12-21-15)13-5-2-1-3-6-13;/h1-7,12,14,16,18H,8-11H2,(H,19,20);1H. The van der Waals surface area contributed by atoms with Gasteiger partial charge in [0.2, 0.25) is 5.91 Å². The molecule has 1 aromatic heterocycles. The molecule has 5 heteroatoms. The van der Waals surface area contributed by atoms with Crippen molar-refractivity contribution in [3.8, 4) is 0 Å². The molecule has 1 saturated heterocycles. The van der Waals surface area contributed by atoms with Gasteiger partial charge in [-0.1, -0.05) is 30.3 Å². The maximum atomic E-state index is 12.5. The van der Waals surface area contributed by atoms with Crippen molar-refractivity contribution in [1.82, 2.24) is 10.6 Å². The Bertz CT molecular complexity index is 566. The third-order valence-corrected chi connectivity index (χ3v) is 3.96. The van der Waals surface area contributed by atoms with Gasteiger partial charge in [0.25, 0.3) is 0 Å². The largest absolute Gasteiger partial charge is 0.467 e. The van der Waals surface area contributed by atoms with Crippen LogP contribution in [0.4, 0.5) is 0 Å². The van der Waals surface area contributed by atoms with Crippen molar-refractivity contribution in [3.05, 3.63) is 60.1 Å². The van der Waals surface area contributed by atoms with Gasteiger partial charge in [-0.05, 0) is 43.6 Å². The van der Waals surface area contributed by atoms with Gasteiger partial charge in [0.05, 0.1) is 6.26 Å². The van der Waals surface area contributed by atoms with E-state index in [0.717, 1.165) is 37.3 Å². The number of carbonyl (C=O) groups is 1. The second-order valence-corrected chi connectivity index (χ2v) is 5.39. The number of halogens is 1. The second kappa shape index (κ2) is 8.01. The average Bonchev–Trinajstić information content (AvgIpc) is 3.08. The van der Waals surface area contributed by atoms with Crippen LogP contribution in [0.25, 0.3) is 0 Å². The summed E-state index contributed by atoms with van der Waals surface area (Å²) in [5.41, 5.74) is 1.04. The number of hydrogen-bond acceptors (Lipinski definition) is 3. The smallest absolute Gasteiger partial charge is 0.224 e. The molecule has 22 heavy (non-hydrogen) atoms. The topological polar surface area (TPSA) is 54.3 Å². The monoisotopic (exact) mass is 320 g/mol. The molecule has 1 amide bonds. The Labute approximate surface area is 136 Å². The molecule has 1 aliphatic heterocycles. The number of amides is 1. The molecule has 0 saturated carbocycles. The molecular formula is C17H21ClN2O2. The number of rotatable bonds is 4. The second-order valence-electron chi connectivity index (χ2n) is 5.39. The Balaban J connectivity index is 0.00000176. The van der Waals surface area contributed by atoms with E-state index in [9.17, 15) is 4.79 Å². The summed E-state index contributed by atoms with van der Waals surface area (Å²) in [5.74, 6) is 0.970. The van der Waals surface area contributed by atoms with Crippen molar-refractivity contribution in [1.29, 1.82) is 0 Å². The molecule has 2 N–H and O–H groups in total. The van der Waals surface area contributed by atoms with Gasteiger partial charge in [0, 0.05) is 5.92 Å². The SMILES string of the molecule is Cl.O=C(NC(c1ccccc1)c1ccco1)C1CCNCC1. The molecule has 1 unspecified atom stereocenters. The van der Waals surface area contributed by atoms with E-state index in [1.807, 2.05) is 42.5 Å². The minimum absolute atomic E-state index is 0. The van der Waals surface area contributed by atoms with Crippen molar-refractivity contribution in [2.75, 3.05) is 13.1 Å². The molecule has 0 spiro atoms. The van der Waals surface area contributed by atoms with Crippen LogP contribution < -0.4 is 10.6 Å². The molecule has 2 aromatic rings. The first kappa shape index (κ1) is 16.6. The Morgan fingerprint density at radius 1 is 1.14 bits per heavy atom. The van der Waals surface area contributed by atoms with E-state index in [-0.39, 0.29) is 30.3 Å². The Morgan fingerprint density at radius 3 is 2.50 bits per heavy atom. The van der Waals surface area contributed by atoms with Gasteiger partial charge in [-0.3, -0.25) is 4.79 Å². The third kappa shape index (κ3) is 3.90. The minimum Gasteiger partial charge on any atom is -0.467 e. The molecule has 3 rings (SSSR count). The van der Waals surface area contributed by atoms with Crippen LogP contribution in [0.5, 0.6) is 0 Å². The summed E-state index contributed by atoms with van der Waals surface area (Å²) in [6.45, 7) is 1.82. The highest BCUT2D eigenvalue weighted by Gasteiger charge is 2.25. The molecule has 118 valence electrons. The molecule has 0 bridgehead atoms. The molecule has 0 aliphatic carbocycles. The van der Waals surface area contributed by atoms with Gasteiger partial charge < -0.3 is 15.1 Å². The van der Waals surface area contributed by atoms with Crippen molar-refractivity contribution < 1.29 is 9.21 Å². The highest BCUT2D eigenvalue weighted by molar-refractivity contribution is 5.85. The van der Waals surface area contributed by atoms with Gasteiger partial charge in [-0.25, -0.2) is 0 Å². The first-order valence-corrected chi connectivity index (χ1v) is 7.44. The number of nitrogens with one attached hydrogen (secondary N) is 2. The summed E-state index contributed by atoms with van der Waals surface area (Å²) < 4.78 is 5.51. The van der Waals surface area contributed by atoms with Gasteiger partial charge >= 0.3 is 0 Å². The van der Waals surface area contributed by atoms with Crippen LogP contribution in [0.3, 0.4) is 0 Å². The van der Waals surface area contributed by atoms with E-state index in [1.165, 1.54) is 0 Å². The van der Waals surface area contributed by atoms with Crippen molar-refractivity contribution in [2.24, 2.45) is 5.92 Å². The fourth-order valence-electron chi connectivity index (χ4n) is 2.76. The lowest BCUT2D eigenvalue weighted by molar-refractivity contribution is -0.126. The van der Waals surface area contributed by atoms with Crippen LogP contribution >= 0.6 is 12.4 Å². The summed E-state index contributed by atoms with van der Waals surface area (Å²) in [6.07, 6.45) is 3.43. The fraction of sp³-hybridized carbons (Fsp3) is 0.353. The molecule has 1 fully saturated rings. The lowest BCUT2D eigenvalue weighted by atomic mass is 9.96. The van der Waals surface area contributed by atoms with Crippen LogP contribution in [0.2, 0.25) is 0 Å². The van der Waals surface area contributed by atoms with Crippen molar-refractivity contribution in [2.45, 2.75) is 18.9 Å². The van der Waals surface area contributed by atoms with Gasteiger partial charge in [0.15, 0.2) is 0 Å². The molecule has 1 atom stereocenters. The number of carbonyl (C=O) groups excluding carboxylic acids is 1. The fourth-order valence-corrected chi connectivity index (χ4v) is 2.76. The quantitative estimate of drug-likeness (QED) is 0.910. The molecule has 2 heterocycles. The lowest BCUT2D eigenvalue weighted by Gasteiger charge is -2.25. The van der Waals surface area contributed by atoms with E-state index in [2.05, 4.69) is 10.6 Å². The maximum absolute atomic E-state index is 12.5. The molecule has 1 aromatic carbocycles. The number of benzene rings is 1. The zero-order valence-corrected chi connectivity index (χ0v) is 13.1. The highest BCUT2D eigenvalue weighted by Crippen LogP contribution is 2.23. The number of hydrogen-bond donors (Lipinski definition) is 2. The van der Waals surface area contributed by atoms with Crippen LogP contribution in [0, 0.1) is 5.92 Å². The van der Waals surface area contributed by atoms with Gasteiger partial charge in [-0.2, -0.15) is 0 Å². The minimum atomic E-state index is -0.219. The lowest BCUT2D eigenvalue weighted by Crippen LogP contribution is -2.39. The van der Waals surface area contributed by atoms with E-state index >= 15 is 0 Å². The van der Waals surface area contributed by atoms with E-state index in [0.29, 0.717) is 0 Å².